The minimum Gasteiger partial charge on any atom is -0.385 e. The third-order valence-electron chi connectivity index (χ3n) is 3.34. The quantitative estimate of drug-likeness (QED) is 0.502. The van der Waals surface area contributed by atoms with Gasteiger partial charge in [-0.3, -0.25) is 0 Å². The van der Waals surface area contributed by atoms with E-state index in [1.54, 1.807) is 0 Å². The van der Waals surface area contributed by atoms with E-state index >= 15 is 0 Å². The first-order valence-corrected chi connectivity index (χ1v) is 4.96. The summed E-state index contributed by atoms with van der Waals surface area (Å²) in [4.78, 5) is 0. The second kappa shape index (κ2) is 3.20. The number of aliphatic hydroxyl groups is 1. The van der Waals surface area contributed by atoms with Crippen LogP contribution in [-0.4, -0.2) is 42.5 Å². The van der Waals surface area contributed by atoms with Gasteiger partial charge in [0.05, 0.1) is 12.1 Å². The third kappa shape index (κ3) is 1.48. The fraction of sp³-hybridized carbons (Fsp3) is 1.00. The Morgan fingerprint density at radius 2 is 2.23 bits per heavy atom. The molecule has 4 heteroatoms. The Morgan fingerprint density at radius 3 is 2.77 bits per heavy atom. The van der Waals surface area contributed by atoms with Crippen molar-refractivity contribution < 1.29 is 9.84 Å². The van der Waals surface area contributed by atoms with Gasteiger partial charge in [0.2, 0.25) is 0 Å². The summed E-state index contributed by atoms with van der Waals surface area (Å²) in [5, 5.41) is 13.5. The highest BCUT2D eigenvalue weighted by Crippen LogP contribution is 2.33. The Kier molecular flexibility index (Phi) is 2.32. The van der Waals surface area contributed by atoms with Gasteiger partial charge in [-0.05, 0) is 19.4 Å². The van der Waals surface area contributed by atoms with Crippen LogP contribution in [0.25, 0.3) is 0 Å². The number of ether oxygens (including phenoxy) is 1. The van der Waals surface area contributed by atoms with E-state index in [4.69, 9.17) is 10.5 Å². The van der Waals surface area contributed by atoms with Gasteiger partial charge in [0.15, 0.2) is 0 Å². The van der Waals surface area contributed by atoms with Crippen molar-refractivity contribution in [2.45, 2.75) is 30.4 Å². The lowest BCUT2D eigenvalue weighted by molar-refractivity contribution is -0.0494. The van der Waals surface area contributed by atoms with E-state index in [2.05, 4.69) is 5.32 Å². The van der Waals surface area contributed by atoms with Gasteiger partial charge >= 0.3 is 0 Å². The second-order valence-electron chi connectivity index (χ2n) is 4.27. The fourth-order valence-corrected chi connectivity index (χ4v) is 2.27. The van der Waals surface area contributed by atoms with Crippen LogP contribution >= 0.6 is 0 Å². The number of nitrogens with two attached hydrogens (primary N) is 1. The van der Waals surface area contributed by atoms with Gasteiger partial charge < -0.3 is 20.9 Å². The zero-order valence-corrected chi connectivity index (χ0v) is 7.88. The SMILES string of the molecule is NC1(C2(O)CCOC2)CCCNC1. The maximum atomic E-state index is 10.3. The molecule has 4 N–H and O–H groups in total. The summed E-state index contributed by atoms with van der Waals surface area (Å²) in [7, 11) is 0. The number of hydrogen-bond donors (Lipinski definition) is 3. The molecule has 2 heterocycles. The molecule has 0 aromatic carbocycles. The Balaban J connectivity index is 2.11. The van der Waals surface area contributed by atoms with Crippen LogP contribution in [0.3, 0.4) is 0 Å². The molecule has 0 saturated carbocycles. The lowest BCUT2D eigenvalue weighted by Crippen LogP contribution is -2.67. The van der Waals surface area contributed by atoms with Crippen LogP contribution in [0.5, 0.6) is 0 Å². The minimum atomic E-state index is -0.805. The van der Waals surface area contributed by atoms with E-state index in [0.717, 1.165) is 19.4 Å². The van der Waals surface area contributed by atoms with Gasteiger partial charge in [0.1, 0.15) is 5.60 Å². The van der Waals surface area contributed by atoms with Gasteiger partial charge in [-0.25, -0.2) is 0 Å². The number of piperidine rings is 1. The van der Waals surface area contributed by atoms with E-state index < -0.39 is 11.1 Å². The van der Waals surface area contributed by atoms with E-state index in [1.165, 1.54) is 0 Å². The van der Waals surface area contributed by atoms with Gasteiger partial charge in [-0.15, -0.1) is 0 Å². The molecule has 2 aliphatic heterocycles. The molecule has 0 aromatic rings. The lowest BCUT2D eigenvalue weighted by Gasteiger charge is -2.44. The molecule has 76 valence electrons. The Morgan fingerprint density at radius 1 is 1.38 bits per heavy atom. The molecule has 2 saturated heterocycles. The van der Waals surface area contributed by atoms with Crippen molar-refractivity contribution >= 4 is 0 Å². The normalized spacial score (nSPS) is 46.6. The van der Waals surface area contributed by atoms with Crippen LogP contribution in [0.4, 0.5) is 0 Å². The average Bonchev–Trinajstić information content (AvgIpc) is 2.55. The van der Waals surface area contributed by atoms with Gasteiger partial charge in [0.25, 0.3) is 0 Å². The largest absolute Gasteiger partial charge is 0.385 e. The van der Waals surface area contributed by atoms with Gasteiger partial charge in [0, 0.05) is 19.6 Å². The van der Waals surface area contributed by atoms with Crippen molar-refractivity contribution in [2.75, 3.05) is 26.3 Å². The first-order valence-electron chi connectivity index (χ1n) is 4.96. The molecule has 0 aromatic heterocycles. The molecule has 2 unspecified atom stereocenters. The second-order valence-corrected chi connectivity index (χ2v) is 4.27. The summed E-state index contributed by atoms with van der Waals surface area (Å²) < 4.78 is 5.22. The number of rotatable bonds is 1. The maximum absolute atomic E-state index is 10.3. The highest BCUT2D eigenvalue weighted by Gasteiger charge is 2.50. The van der Waals surface area contributed by atoms with E-state index in [9.17, 15) is 5.11 Å². The molecule has 4 nitrogen and oxygen atoms in total. The van der Waals surface area contributed by atoms with Crippen LogP contribution in [0.2, 0.25) is 0 Å². The zero-order valence-electron chi connectivity index (χ0n) is 7.88. The maximum Gasteiger partial charge on any atom is 0.109 e. The van der Waals surface area contributed by atoms with Crippen molar-refractivity contribution in [1.29, 1.82) is 0 Å². The zero-order chi connectivity index (χ0) is 9.36. The summed E-state index contributed by atoms with van der Waals surface area (Å²) in [6, 6.07) is 0. The summed E-state index contributed by atoms with van der Waals surface area (Å²) in [6.07, 6.45) is 2.60. The van der Waals surface area contributed by atoms with Crippen LogP contribution < -0.4 is 11.1 Å². The lowest BCUT2D eigenvalue weighted by atomic mass is 9.75. The van der Waals surface area contributed by atoms with E-state index in [1.807, 2.05) is 0 Å². The smallest absolute Gasteiger partial charge is 0.109 e. The first-order chi connectivity index (χ1) is 6.16. The van der Waals surface area contributed by atoms with Crippen LogP contribution in [-0.2, 0) is 4.74 Å². The van der Waals surface area contributed by atoms with E-state index in [0.29, 0.717) is 26.2 Å². The molecule has 2 aliphatic rings. The molecule has 0 bridgehead atoms. The molecule has 2 rings (SSSR count). The van der Waals surface area contributed by atoms with Crippen molar-refractivity contribution in [3.63, 3.8) is 0 Å². The van der Waals surface area contributed by atoms with Crippen LogP contribution in [0, 0.1) is 0 Å². The summed E-state index contributed by atoms with van der Waals surface area (Å²) in [5.41, 5.74) is 4.92. The Bertz CT molecular complexity index is 184. The molecule has 2 atom stereocenters. The van der Waals surface area contributed by atoms with E-state index in [-0.39, 0.29) is 0 Å². The molecular formula is C9H18N2O2. The van der Waals surface area contributed by atoms with Crippen molar-refractivity contribution in [3.8, 4) is 0 Å². The molecule has 0 amide bonds. The molecule has 0 spiro atoms. The van der Waals surface area contributed by atoms with Gasteiger partial charge in [-0.1, -0.05) is 0 Å². The third-order valence-corrected chi connectivity index (χ3v) is 3.34. The summed E-state index contributed by atoms with van der Waals surface area (Å²) in [5.74, 6) is 0. The molecule has 0 radical (unpaired) electrons. The molecule has 2 fully saturated rings. The van der Waals surface area contributed by atoms with Crippen LogP contribution in [0.1, 0.15) is 19.3 Å². The predicted octanol–water partition coefficient (Wildman–Crippen LogP) is -0.781. The molecule has 0 aliphatic carbocycles. The standard InChI is InChI=1S/C9H18N2O2/c10-8(2-1-4-11-6-8)9(12)3-5-13-7-9/h11-12H,1-7,10H2. The molecule has 13 heavy (non-hydrogen) atoms. The topological polar surface area (TPSA) is 67.5 Å². The first kappa shape index (κ1) is 9.40. The van der Waals surface area contributed by atoms with Crippen molar-refractivity contribution in [2.24, 2.45) is 5.73 Å². The van der Waals surface area contributed by atoms with Gasteiger partial charge in [-0.2, -0.15) is 0 Å². The number of nitrogens with one attached hydrogen (secondary N) is 1. The highest BCUT2D eigenvalue weighted by molar-refractivity contribution is 5.08. The highest BCUT2D eigenvalue weighted by atomic mass is 16.5. The number of hydrogen-bond acceptors (Lipinski definition) is 4. The van der Waals surface area contributed by atoms with Crippen LogP contribution in [0.15, 0.2) is 0 Å². The summed E-state index contributed by atoms with van der Waals surface area (Å²) in [6.45, 7) is 2.74. The van der Waals surface area contributed by atoms with Crippen molar-refractivity contribution in [3.05, 3.63) is 0 Å². The Labute approximate surface area is 78.4 Å². The monoisotopic (exact) mass is 186 g/mol. The predicted molar refractivity (Wildman–Crippen MR) is 49.4 cm³/mol. The molecular weight excluding hydrogens is 168 g/mol. The average molecular weight is 186 g/mol. The van der Waals surface area contributed by atoms with Crippen molar-refractivity contribution in [1.82, 2.24) is 5.32 Å². The fourth-order valence-electron chi connectivity index (χ4n) is 2.27. The summed E-state index contributed by atoms with van der Waals surface area (Å²) >= 11 is 0. The Hall–Kier alpha value is -0.160. The minimum absolute atomic E-state index is 0.394.